The molecule has 0 radical (unpaired) electrons. The summed E-state index contributed by atoms with van der Waals surface area (Å²) in [6.45, 7) is 0.472. The number of hydrogen-bond acceptors (Lipinski definition) is 4. The summed E-state index contributed by atoms with van der Waals surface area (Å²) >= 11 is 5.67. The standard InChI is InChI=1S/C14H12ClFN4O2/c1-19-13-8-18-20(14(21)10(13)7-17-19)4-5-22-9-2-3-12(16)11(15)6-9/h2-3,6-8H,4-5H2,1H3. The molecule has 0 spiro atoms. The van der Waals surface area contributed by atoms with Gasteiger partial charge in [0.25, 0.3) is 5.56 Å². The monoisotopic (exact) mass is 322 g/mol. The largest absolute Gasteiger partial charge is 0.492 e. The lowest BCUT2D eigenvalue weighted by Gasteiger charge is -2.08. The lowest BCUT2D eigenvalue weighted by Crippen LogP contribution is -2.25. The quantitative estimate of drug-likeness (QED) is 0.737. The van der Waals surface area contributed by atoms with Crippen LogP contribution in [-0.2, 0) is 13.6 Å². The second-order valence-corrected chi connectivity index (χ2v) is 5.07. The average Bonchev–Trinajstić information content (AvgIpc) is 2.87. The van der Waals surface area contributed by atoms with E-state index in [-0.39, 0.29) is 23.7 Å². The van der Waals surface area contributed by atoms with Gasteiger partial charge in [-0.05, 0) is 12.1 Å². The number of aryl methyl sites for hydroxylation is 1. The number of halogens is 2. The zero-order valence-corrected chi connectivity index (χ0v) is 12.4. The summed E-state index contributed by atoms with van der Waals surface area (Å²) in [5.74, 6) is -0.0733. The Morgan fingerprint density at radius 1 is 1.32 bits per heavy atom. The van der Waals surface area contributed by atoms with E-state index < -0.39 is 5.82 Å². The zero-order chi connectivity index (χ0) is 15.7. The summed E-state index contributed by atoms with van der Waals surface area (Å²) in [6.07, 6.45) is 3.09. The summed E-state index contributed by atoms with van der Waals surface area (Å²) in [5, 5.41) is 8.60. The van der Waals surface area contributed by atoms with E-state index in [1.165, 1.54) is 29.1 Å². The minimum Gasteiger partial charge on any atom is -0.492 e. The molecular weight excluding hydrogens is 311 g/mol. The average molecular weight is 323 g/mol. The van der Waals surface area contributed by atoms with Gasteiger partial charge in [0.2, 0.25) is 0 Å². The topological polar surface area (TPSA) is 61.9 Å². The molecule has 0 aliphatic heterocycles. The molecule has 22 heavy (non-hydrogen) atoms. The predicted molar refractivity (Wildman–Crippen MR) is 79.7 cm³/mol. The van der Waals surface area contributed by atoms with E-state index in [4.69, 9.17) is 16.3 Å². The number of benzene rings is 1. The fourth-order valence-electron chi connectivity index (χ4n) is 2.06. The molecule has 3 rings (SSSR count). The van der Waals surface area contributed by atoms with E-state index in [1.54, 1.807) is 17.9 Å². The molecule has 1 aromatic carbocycles. The summed E-state index contributed by atoms with van der Waals surface area (Å²) < 4.78 is 21.4. The molecule has 2 heterocycles. The number of hydrogen-bond donors (Lipinski definition) is 0. The number of nitrogens with zero attached hydrogens (tertiary/aromatic N) is 4. The molecule has 0 unspecified atom stereocenters. The van der Waals surface area contributed by atoms with E-state index in [0.717, 1.165) is 0 Å². The Morgan fingerprint density at radius 2 is 2.14 bits per heavy atom. The van der Waals surface area contributed by atoms with Crippen LogP contribution in [0, 0.1) is 5.82 Å². The minimum absolute atomic E-state index is 0.00966. The maximum absolute atomic E-state index is 13.0. The van der Waals surface area contributed by atoms with E-state index >= 15 is 0 Å². The van der Waals surface area contributed by atoms with Crippen molar-refractivity contribution in [1.82, 2.24) is 19.6 Å². The third-order valence-corrected chi connectivity index (χ3v) is 3.52. The summed E-state index contributed by atoms with van der Waals surface area (Å²) in [4.78, 5) is 12.2. The van der Waals surface area contributed by atoms with Crippen LogP contribution in [0.25, 0.3) is 10.9 Å². The Balaban J connectivity index is 1.72. The molecule has 8 heteroatoms. The molecule has 3 aromatic rings. The van der Waals surface area contributed by atoms with Crippen molar-refractivity contribution < 1.29 is 9.13 Å². The van der Waals surface area contributed by atoms with Crippen LogP contribution in [0.2, 0.25) is 5.02 Å². The van der Waals surface area contributed by atoms with Gasteiger partial charge < -0.3 is 4.74 Å². The molecular formula is C14H12ClFN4O2. The highest BCUT2D eigenvalue weighted by Gasteiger charge is 2.08. The van der Waals surface area contributed by atoms with Crippen molar-refractivity contribution in [3.05, 3.63) is 51.8 Å². The second kappa shape index (κ2) is 5.76. The van der Waals surface area contributed by atoms with Crippen molar-refractivity contribution in [3.8, 4) is 5.75 Å². The maximum atomic E-state index is 13.0. The van der Waals surface area contributed by atoms with Crippen LogP contribution in [0.1, 0.15) is 0 Å². The first-order valence-corrected chi connectivity index (χ1v) is 6.90. The van der Waals surface area contributed by atoms with Gasteiger partial charge in [-0.25, -0.2) is 9.07 Å². The van der Waals surface area contributed by atoms with Crippen LogP contribution in [0.3, 0.4) is 0 Å². The molecule has 0 fully saturated rings. The molecule has 0 bridgehead atoms. The van der Waals surface area contributed by atoms with Gasteiger partial charge in [0.15, 0.2) is 0 Å². The van der Waals surface area contributed by atoms with Gasteiger partial charge in [-0.1, -0.05) is 11.6 Å². The van der Waals surface area contributed by atoms with Gasteiger partial charge in [-0.2, -0.15) is 10.2 Å². The molecule has 2 aromatic heterocycles. The highest BCUT2D eigenvalue weighted by Crippen LogP contribution is 2.20. The van der Waals surface area contributed by atoms with E-state index in [1.807, 2.05) is 0 Å². The van der Waals surface area contributed by atoms with Crippen molar-refractivity contribution in [2.24, 2.45) is 7.05 Å². The summed E-state index contributed by atoms with van der Waals surface area (Å²) in [7, 11) is 1.75. The van der Waals surface area contributed by atoms with Crippen LogP contribution < -0.4 is 10.3 Å². The van der Waals surface area contributed by atoms with E-state index in [2.05, 4.69) is 10.2 Å². The SMILES string of the molecule is Cn1ncc2c(=O)n(CCOc3ccc(F)c(Cl)c3)ncc21. The molecule has 114 valence electrons. The summed E-state index contributed by atoms with van der Waals surface area (Å²) in [5.41, 5.74) is 0.443. The maximum Gasteiger partial charge on any atom is 0.277 e. The highest BCUT2D eigenvalue weighted by molar-refractivity contribution is 6.30. The zero-order valence-electron chi connectivity index (χ0n) is 11.7. The van der Waals surface area contributed by atoms with E-state index in [0.29, 0.717) is 16.7 Å². The van der Waals surface area contributed by atoms with Crippen LogP contribution in [0.4, 0.5) is 4.39 Å². The normalized spacial score (nSPS) is 11.0. The van der Waals surface area contributed by atoms with Crippen LogP contribution in [-0.4, -0.2) is 26.2 Å². The predicted octanol–water partition coefficient (Wildman–Crippen LogP) is 2.00. The van der Waals surface area contributed by atoms with E-state index in [9.17, 15) is 9.18 Å². The molecule has 0 saturated carbocycles. The van der Waals surface area contributed by atoms with Crippen LogP contribution in [0.15, 0.2) is 35.4 Å². The summed E-state index contributed by atoms with van der Waals surface area (Å²) in [6, 6.07) is 4.09. The minimum atomic E-state index is -0.506. The molecule has 0 aliphatic rings. The Kier molecular flexibility index (Phi) is 3.81. The van der Waals surface area contributed by atoms with Gasteiger partial charge >= 0.3 is 0 Å². The van der Waals surface area contributed by atoms with Gasteiger partial charge in [0, 0.05) is 13.1 Å². The Morgan fingerprint density at radius 3 is 2.91 bits per heavy atom. The second-order valence-electron chi connectivity index (χ2n) is 4.66. The van der Waals surface area contributed by atoms with Gasteiger partial charge in [0.1, 0.15) is 18.2 Å². The molecule has 0 aliphatic carbocycles. The molecule has 0 atom stereocenters. The van der Waals surface area contributed by atoms with Crippen LogP contribution in [0.5, 0.6) is 5.75 Å². The fourth-order valence-corrected chi connectivity index (χ4v) is 2.23. The third kappa shape index (κ3) is 2.67. The Bertz CT molecular complexity index is 890. The molecule has 6 nitrogen and oxygen atoms in total. The number of fused-ring (bicyclic) bond motifs is 1. The highest BCUT2D eigenvalue weighted by atomic mass is 35.5. The number of ether oxygens (including phenoxy) is 1. The van der Waals surface area contributed by atoms with Gasteiger partial charge in [0.05, 0.1) is 34.9 Å². The Hall–Kier alpha value is -2.41. The number of aromatic nitrogens is 4. The Labute approximate surface area is 129 Å². The lowest BCUT2D eigenvalue weighted by molar-refractivity contribution is 0.288. The molecule has 0 amide bonds. The molecule has 0 N–H and O–H groups in total. The van der Waals surface area contributed by atoms with Crippen LogP contribution >= 0.6 is 11.6 Å². The smallest absolute Gasteiger partial charge is 0.277 e. The van der Waals surface area contributed by atoms with Gasteiger partial charge in [-0.15, -0.1) is 0 Å². The van der Waals surface area contributed by atoms with Crippen molar-refractivity contribution >= 4 is 22.5 Å². The fraction of sp³-hybridized carbons (Fsp3) is 0.214. The van der Waals surface area contributed by atoms with Gasteiger partial charge in [-0.3, -0.25) is 9.48 Å². The first-order valence-electron chi connectivity index (χ1n) is 6.52. The first kappa shape index (κ1) is 14.5. The number of rotatable bonds is 4. The van der Waals surface area contributed by atoms with Crippen molar-refractivity contribution in [3.63, 3.8) is 0 Å². The first-order chi connectivity index (χ1) is 10.6. The third-order valence-electron chi connectivity index (χ3n) is 3.23. The molecule has 0 saturated heterocycles. The van der Waals surface area contributed by atoms with Crippen molar-refractivity contribution in [1.29, 1.82) is 0 Å². The van der Waals surface area contributed by atoms with Crippen molar-refractivity contribution in [2.75, 3.05) is 6.61 Å². The lowest BCUT2D eigenvalue weighted by atomic mass is 10.3. The van der Waals surface area contributed by atoms with Crippen molar-refractivity contribution in [2.45, 2.75) is 6.54 Å².